The fraction of sp³-hybridized carbons (Fsp3) is 0.533. The molecule has 0 bridgehead atoms. The van der Waals surface area contributed by atoms with E-state index in [0.717, 1.165) is 18.4 Å². The molecule has 0 aliphatic carbocycles. The summed E-state index contributed by atoms with van der Waals surface area (Å²) in [4.78, 5) is 11.9. The van der Waals surface area contributed by atoms with Crippen LogP contribution >= 0.6 is 15.9 Å². The summed E-state index contributed by atoms with van der Waals surface area (Å²) >= 11 is 3.13. The van der Waals surface area contributed by atoms with Gasteiger partial charge in [-0.3, -0.25) is 4.79 Å². The maximum absolute atomic E-state index is 13.1. The third kappa shape index (κ3) is 5.83. The van der Waals surface area contributed by atoms with Crippen molar-refractivity contribution in [3.05, 3.63) is 34.1 Å². The molecule has 4 heteroatoms. The minimum absolute atomic E-state index is 0.105. The zero-order valence-electron chi connectivity index (χ0n) is 11.5. The molecule has 0 unspecified atom stereocenters. The van der Waals surface area contributed by atoms with Crippen LogP contribution in [-0.4, -0.2) is 12.3 Å². The van der Waals surface area contributed by atoms with Crippen molar-refractivity contribution in [2.75, 3.05) is 6.54 Å². The van der Waals surface area contributed by atoms with Crippen LogP contribution in [-0.2, 0) is 11.2 Å². The molecule has 0 radical (unpaired) electrons. The standard InChI is InChI=1S/C15H21BrFNO/c1-15(2,7-8-18)6-5-12(19)9-11-3-4-14(17)13(16)10-11/h3-4,10H,5-9,18H2,1-2H3. The summed E-state index contributed by atoms with van der Waals surface area (Å²) in [5.74, 6) is -0.121. The number of rotatable bonds is 7. The number of hydrogen-bond acceptors (Lipinski definition) is 2. The Labute approximate surface area is 122 Å². The smallest absolute Gasteiger partial charge is 0.137 e. The Morgan fingerprint density at radius 2 is 2.05 bits per heavy atom. The Bertz CT molecular complexity index is 446. The molecular formula is C15H21BrFNO. The van der Waals surface area contributed by atoms with E-state index in [1.54, 1.807) is 12.1 Å². The van der Waals surface area contributed by atoms with Gasteiger partial charge in [0, 0.05) is 12.8 Å². The monoisotopic (exact) mass is 329 g/mol. The van der Waals surface area contributed by atoms with Crippen LogP contribution in [0.4, 0.5) is 4.39 Å². The van der Waals surface area contributed by atoms with Crippen molar-refractivity contribution in [3.8, 4) is 0 Å². The molecule has 2 nitrogen and oxygen atoms in total. The molecule has 0 aliphatic rings. The van der Waals surface area contributed by atoms with E-state index in [9.17, 15) is 9.18 Å². The highest BCUT2D eigenvalue weighted by atomic mass is 79.9. The first-order chi connectivity index (χ1) is 8.84. The number of benzene rings is 1. The second-order valence-corrected chi connectivity index (χ2v) is 6.52. The van der Waals surface area contributed by atoms with Gasteiger partial charge >= 0.3 is 0 Å². The fourth-order valence-electron chi connectivity index (χ4n) is 1.96. The summed E-state index contributed by atoms with van der Waals surface area (Å²) in [6.45, 7) is 4.90. The number of carbonyl (C=O) groups is 1. The molecule has 1 aromatic carbocycles. The molecule has 0 saturated carbocycles. The normalized spacial score (nSPS) is 11.6. The largest absolute Gasteiger partial charge is 0.330 e. The SMILES string of the molecule is CC(C)(CCN)CCC(=O)Cc1ccc(F)c(Br)c1. The Morgan fingerprint density at radius 3 is 2.63 bits per heavy atom. The maximum Gasteiger partial charge on any atom is 0.137 e. The Hall–Kier alpha value is -0.740. The summed E-state index contributed by atoms with van der Waals surface area (Å²) in [5, 5.41) is 0. The van der Waals surface area contributed by atoms with Gasteiger partial charge in [-0.25, -0.2) is 4.39 Å². The molecule has 1 aromatic rings. The quantitative estimate of drug-likeness (QED) is 0.825. The first-order valence-electron chi connectivity index (χ1n) is 6.50. The van der Waals surface area contributed by atoms with E-state index in [2.05, 4.69) is 29.8 Å². The average molecular weight is 330 g/mol. The topological polar surface area (TPSA) is 43.1 Å². The molecule has 0 saturated heterocycles. The van der Waals surface area contributed by atoms with Crippen LogP contribution in [0.2, 0.25) is 0 Å². The predicted octanol–water partition coefficient (Wildman–Crippen LogP) is 3.86. The lowest BCUT2D eigenvalue weighted by molar-refractivity contribution is -0.119. The van der Waals surface area contributed by atoms with Gasteiger partial charge in [0.15, 0.2) is 0 Å². The molecule has 19 heavy (non-hydrogen) atoms. The van der Waals surface area contributed by atoms with Crippen LogP contribution in [0.1, 0.15) is 38.7 Å². The molecule has 0 spiro atoms. The van der Waals surface area contributed by atoms with Gasteiger partial charge < -0.3 is 5.73 Å². The van der Waals surface area contributed by atoms with E-state index in [1.165, 1.54) is 6.07 Å². The average Bonchev–Trinajstić information content (AvgIpc) is 2.32. The number of ketones is 1. The lowest BCUT2D eigenvalue weighted by atomic mass is 9.83. The zero-order chi connectivity index (χ0) is 14.5. The highest BCUT2D eigenvalue weighted by Crippen LogP contribution is 2.26. The highest BCUT2D eigenvalue weighted by molar-refractivity contribution is 9.10. The molecule has 0 amide bonds. The van der Waals surface area contributed by atoms with Crippen molar-refractivity contribution < 1.29 is 9.18 Å². The van der Waals surface area contributed by atoms with E-state index in [4.69, 9.17) is 5.73 Å². The number of nitrogens with two attached hydrogens (primary N) is 1. The van der Waals surface area contributed by atoms with E-state index in [1.807, 2.05) is 0 Å². The van der Waals surface area contributed by atoms with Crippen molar-refractivity contribution >= 4 is 21.7 Å². The van der Waals surface area contributed by atoms with E-state index in [-0.39, 0.29) is 17.0 Å². The van der Waals surface area contributed by atoms with Crippen molar-refractivity contribution in [3.63, 3.8) is 0 Å². The molecule has 0 aromatic heterocycles. The third-order valence-corrected chi connectivity index (χ3v) is 3.89. The Balaban J connectivity index is 2.49. The lowest BCUT2D eigenvalue weighted by Crippen LogP contribution is -2.18. The van der Waals surface area contributed by atoms with Crippen LogP contribution in [0.3, 0.4) is 0 Å². The van der Waals surface area contributed by atoms with Gasteiger partial charge in [-0.05, 0) is 58.4 Å². The number of Topliss-reactive ketones (excluding diaryl/α,β-unsaturated/α-hetero) is 1. The van der Waals surface area contributed by atoms with Crippen LogP contribution in [0, 0.1) is 11.2 Å². The summed E-state index contributed by atoms with van der Waals surface area (Å²) < 4.78 is 13.5. The number of halogens is 2. The lowest BCUT2D eigenvalue weighted by Gasteiger charge is -2.23. The molecule has 1 rings (SSSR count). The maximum atomic E-state index is 13.1. The minimum atomic E-state index is -0.305. The van der Waals surface area contributed by atoms with Crippen LogP contribution in [0.15, 0.2) is 22.7 Å². The zero-order valence-corrected chi connectivity index (χ0v) is 13.1. The fourth-order valence-corrected chi connectivity index (χ4v) is 2.39. The van der Waals surface area contributed by atoms with Gasteiger partial charge in [-0.2, -0.15) is 0 Å². The van der Waals surface area contributed by atoms with Gasteiger partial charge in [-0.15, -0.1) is 0 Å². The summed E-state index contributed by atoms with van der Waals surface area (Å²) in [5.41, 5.74) is 6.50. The molecule has 0 fully saturated rings. The van der Waals surface area contributed by atoms with Crippen molar-refractivity contribution in [1.82, 2.24) is 0 Å². The molecular weight excluding hydrogens is 309 g/mol. The van der Waals surface area contributed by atoms with Crippen LogP contribution in [0.25, 0.3) is 0 Å². The molecule has 0 atom stereocenters. The minimum Gasteiger partial charge on any atom is -0.330 e. The number of hydrogen-bond donors (Lipinski definition) is 1. The second-order valence-electron chi connectivity index (χ2n) is 5.67. The third-order valence-electron chi connectivity index (χ3n) is 3.29. The van der Waals surface area contributed by atoms with E-state index < -0.39 is 0 Å². The summed E-state index contributed by atoms with van der Waals surface area (Å²) in [7, 11) is 0. The van der Waals surface area contributed by atoms with Crippen LogP contribution < -0.4 is 5.73 Å². The highest BCUT2D eigenvalue weighted by Gasteiger charge is 2.18. The van der Waals surface area contributed by atoms with Crippen LogP contribution in [0.5, 0.6) is 0 Å². The van der Waals surface area contributed by atoms with Crippen molar-refractivity contribution in [2.45, 2.75) is 39.5 Å². The van der Waals surface area contributed by atoms with Gasteiger partial charge in [-0.1, -0.05) is 19.9 Å². The first-order valence-corrected chi connectivity index (χ1v) is 7.29. The Morgan fingerprint density at radius 1 is 1.37 bits per heavy atom. The second kappa shape index (κ2) is 7.15. The molecule has 0 aliphatic heterocycles. The summed E-state index contributed by atoms with van der Waals surface area (Å²) in [6.07, 6.45) is 2.66. The van der Waals surface area contributed by atoms with Gasteiger partial charge in [0.05, 0.1) is 4.47 Å². The predicted molar refractivity (Wildman–Crippen MR) is 79.5 cm³/mol. The van der Waals surface area contributed by atoms with E-state index in [0.29, 0.717) is 23.9 Å². The Kier molecular flexibility index (Phi) is 6.14. The molecule has 0 heterocycles. The van der Waals surface area contributed by atoms with Gasteiger partial charge in [0.25, 0.3) is 0 Å². The first kappa shape index (κ1) is 16.3. The van der Waals surface area contributed by atoms with Gasteiger partial charge in [0.1, 0.15) is 11.6 Å². The number of carbonyl (C=O) groups excluding carboxylic acids is 1. The van der Waals surface area contributed by atoms with E-state index >= 15 is 0 Å². The molecule has 106 valence electrons. The molecule has 2 N–H and O–H groups in total. The van der Waals surface area contributed by atoms with Crippen molar-refractivity contribution in [1.29, 1.82) is 0 Å². The van der Waals surface area contributed by atoms with Crippen molar-refractivity contribution in [2.24, 2.45) is 11.1 Å². The van der Waals surface area contributed by atoms with Gasteiger partial charge in [0.2, 0.25) is 0 Å². The summed E-state index contributed by atoms with van der Waals surface area (Å²) in [6, 6.07) is 4.70.